The fraction of sp³-hybridized carbons (Fsp3) is 0.562. The minimum absolute atomic E-state index is 0.0431. The molecule has 10 nitrogen and oxygen atoms in total. The van der Waals surface area contributed by atoms with E-state index < -0.39 is 14.9 Å². The van der Waals surface area contributed by atoms with Crippen LogP contribution >= 0.6 is 0 Å². The standard InChI is InChI=1S/C16H22N4O6S/c1-26-14-5-4-12(20(22)23)9-15(14)27(24,25)18-7-2-3-13(11-18)19-8-6-17-10-16(19)21/h4-5,9,13,17H,2-3,6-8,10-11H2,1H3. The van der Waals surface area contributed by atoms with Gasteiger partial charge in [-0.05, 0) is 18.9 Å². The fourth-order valence-corrected chi connectivity index (χ4v) is 5.21. The predicted octanol–water partition coefficient (Wildman–Crippen LogP) is 0.188. The van der Waals surface area contributed by atoms with Gasteiger partial charge in [-0.3, -0.25) is 14.9 Å². The second kappa shape index (κ2) is 7.79. The van der Waals surface area contributed by atoms with E-state index in [1.165, 1.54) is 23.5 Å². The Labute approximate surface area is 157 Å². The molecule has 11 heteroatoms. The molecule has 0 radical (unpaired) electrons. The number of hydrogen-bond acceptors (Lipinski definition) is 7. The molecular weight excluding hydrogens is 376 g/mol. The molecule has 1 aromatic rings. The minimum Gasteiger partial charge on any atom is -0.495 e. The zero-order valence-electron chi connectivity index (χ0n) is 15.0. The molecular formula is C16H22N4O6S. The maximum Gasteiger partial charge on any atom is 0.271 e. The quantitative estimate of drug-likeness (QED) is 0.555. The number of rotatable bonds is 5. The molecule has 1 N–H and O–H groups in total. The Morgan fingerprint density at radius 3 is 2.78 bits per heavy atom. The highest BCUT2D eigenvalue weighted by atomic mass is 32.2. The monoisotopic (exact) mass is 398 g/mol. The van der Waals surface area contributed by atoms with Crippen LogP contribution in [0.5, 0.6) is 5.75 Å². The lowest BCUT2D eigenvalue weighted by molar-refractivity contribution is -0.385. The first-order chi connectivity index (χ1) is 12.8. The number of piperazine rings is 1. The Bertz CT molecular complexity index is 843. The summed E-state index contributed by atoms with van der Waals surface area (Å²) in [6.07, 6.45) is 1.34. The van der Waals surface area contributed by atoms with Crippen molar-refractivity contribution in [3.8, 4) is 5.75 Å². The molecule has 0 saturated carbocycles. The van der Waals surface area contributed by atoms with E-state index in [2.05, 4.69) is 5.32 Å². The zero-order chi connectivity index (χ0) is 19.6. The maximum atomic E-state index is 13.2. The number of carbonyl (C=O) groups excluding carboxylic acids is 1. The van der Waals surface area contributed by atoms with Gasteiger partial charge in [0.2, 0.25) is 15.9 Å². The number of benzene rings is 1. The van der Waals surface area contributed by atoms with Crippen LogP contribution in [0.3, 0.4) is 0 Å². The summed E-state index contributed by atoms with van der Waals surface area (Å²) in [6.45, 7) is 1.93. The van der Waals surface area contributed by atoms with Crippen molar-refractivity contribution in [3.63, 3.8) is 0 Å². The Balaban J connectivity index is 1.89. The second-order valence-electron chi connectivity index (χ2n) is 6.52. The summed E-state index contributed by atoms with van der Waals surface area (Å²) in [5.41, 5.74) is -0.319. The smallest absolute Gasteiger partial charge is 0.271 e. The SMILES string of the molecule is COc1ccc([N+](=O)[O-])cc1S(=O)(=O)N1CCCC(N2CCNCC2=O)C1. The molecule has 1 atom stereocenters. The van der Waals surface area contributed by atoms with Gasteiger partial charge in [-0.1, -0.05) is 0 Å². The minimum atomic E-state index is -4.00. The molecule has 1 aromatic carbocycles. The van der Waals surface area contributed by atoms with E-state index in [1.54, 1.807) is 4.90 Å². The number of hydrogen-bond donors (Lipinski definition) is 1. The van der Waals surface area contributed by atoms with Crippen molar-refractivity contribution in [2.75, 3.05) is 39.8 Å². The van der Waals surface area contributed by atoms with E-state index in [-0.39, 0.29) is 41.4 Å². The zero-order valence-corrected chi connectivity index (χ0v) is 15.8. The number of amides is 1. The molecule has 2 heterocycles. The van der Waals surface area contributed by atoms with Crippen LogP contribution in [0.25, 0.3) is 0 Å². The molecule has 2 aliphatic heterocycles. The average molecular weight is 398 g/mol. The third kappa shape index (κ3) is 3.89. The highest BCUT2D eigenvalue weighted by molar-refractivity contribution is 7.89. The number of sulfonamides is 1. The van der Waals surface area contributed by atoms with Gasteiger partial charge in [-0.15, -0.1) is 0 Å². The summed E-state index contributed by atoms with van der Waals surface area (Å²) >= 11 is 0. The predicted molar refractivity (Wildman–Crippen MR) is 96.0 cm³/mol. The second-order valence-corrected chi connectivity index (χ2v) is 8.42. The largest absolute Gasteiger partial charge is 0.495 e. The number of methoxy groups -OCH3 is 1. The number of piperidine rings is 1. The molecule has 1 amide bonds. The van der Waals surface area contributed by atoms with Crippen molar-refractivity contribution in [1.82, 2.24) is 14.5 Å². The number of non-ortho nitro benzene ring substituents is 1. The lowest BCUT2D eigenvalue weighted by Crippen LogP contribution is -2.57. The van der Waals surface area contributed by atoms with E-state index in [0.29, 0.717) is 26.1 Å². The summed E-state index contributed by atoms with van der Waals surface area (Å²) in [7, 11) is -2.68. The van der Waals surface area contributed by atoms with Crippen LogP contribution in [0.2, 0.25) is 0 Å². The normalized spacial score (nSPS) is 21.9. The van der Waals surface area contributed by atoms with Gasteiger partial charge >= 0.3 is 0 Å². The average Bonchev–Trinajstić information content (AvgIpc) is 2.67. The number of ether oxygens (including phenoxy) is 1. The molecule has 2 aliphatic rings. The highest BCUT2D eigenvalue weighted by Crippen LogP contribution is 2.32. The number of nitrogens with zero attached hydrogens (tertiary/aromatic N) is 3. The first-order valence-electron chi connectivity index (χ1n) is 8.67. The van der Waals surface area contributed by atoms with Gasteiger partial charge in [0.15, 0.2) is 0 Å². The molecule has 0 aromatic heterocycles. The van der Waals surface area contributed by atoms with Gasteiger partial charge in [-0.2, -0.15) is 4.31 Å². The maximum absolute atomic E-state index is 13.2. The Morgan fingerprint density at radius 1 is 1.33 bits per heavy atom. The van der Waals surface area contributed by atoms with Crippen molar-refractivity contribution in [2.24, 2.45) is 0 Å². The third-order valence-electron chi connectivity index (χ3n) is 4.90. The van der Waals surface area contributed by atoms with E-state index in [0.717, 1.165) is 12.5 Å². The lowest BCUT2D eigenvalue weighted by atomic mass is 10.1. The van der Waals surface area contributed by atoms with E-state index in [1.807, 2.05) is 0 Å². The Morgan fingerprint density at radius 2 is 2.11 bits per heavy atom. The fourth-order valence-electron chi connectivity index (χ4n) is 3.52. The van der Waals surface area contributed by atoms with Crippen LogP contribution in [-0.2, 0) is 14.8 Å². The van der Waals surface area contributed by atoms with Gasteiger partial charge in [0.25, 0.3) is 5.69 Å². The van der Waals surface area contributed by atoms with Gasteiger partial charge in [-0.25, -0.2) is 8.42 Å². The van der Waals surface area contributed by atoms with Gasteiger partial charge in [0.1, 0.15) is 10.6 Å². The van der Waals surface area contributed by atoms with Crippen molar-refractivity contribution in [2.45, 2.75) is 23.8 Å². The lowest BCUT2D eigenvalue weighted by Gasteiger charge is -2.40. The summed E-state index contributed by atoms with van der Waals surface area (Å²) in [6, 6.07) is 3.31. The molecule has 148 valence electrons. The van der Waals surface area contributed by atoms with Crippen LogP contribution in [0, 0.1) is 10.1 Å². The Kier molecular flexibility index (Phi) is 5.63. The topological polar surface area (TPSA) is 122 Å². The number of carbonyl (C=O) groups is 1. The van der Waals surface area contributed by atoms with E-state index in [9.17, 15) is 23.3 Å². The van der Waals surface area contributed by atoms with E-state index >= 15 is 0 Å². The van der Waals surface area contributed by atoms with Crippen LogP contribution < -0.4 is 10.1 Å². The number of nitro benzene ring substituents is 1. The summed E-state index contributed by atoms with van der Waals surface area (Å²) in [5, 5.41) is 14.1. The molecule has 2 fully saturated rings. The Hall–Kier alpha value is -2.24. The number of nitrogens with one attached hydrogen (secondary N) is 1. The van der Waals surface area contributed by atoms with Crippen LogP contribution in [0.15, 0.2) is 23.1 Å². The molecule has 3 rings (SSSR count). The summed E-state index contributed by atoms with van der Waals surface area (Å²) in [5.74, 6) is 0.0133. The van der Waals surface area contributed by atoms with E-state index in [4.69, 9.17) is 4.74 Å². The van der Waals surface area contributed by atoms with Crippen LogP contribution in [-0.4, -0.2) is 74.3 Å². The molecule has 0 spiro atoms. The first kappa shape index (κ1) is 19.5. The summed E-state index contributed by atoms with van der Waals surface area (Å²) < 4.78 is 32.7. The van der Waals surface area contributed by atoms with Gasteiger partial charge in [0, 0.05) is 44.4 Å². The number of nitro groups is 1. The first-order valence-corrected chi connectivity index (χ1v) is 10.1. The van der Waals surface area contributed by atoms with Crippen LogP contribution in [0.1, 0.15) is 12.8 Å². The molecule has 0 bridgehead atoms. The van der Waals surface area contributed by atoms with Crippen molar-refractivity contribution in [3.05, 3.63) is 28.3 Å². The highest BCUT2D eigenvalue weighted by Gasteiger charge is 2.37. The van der Waals surface area contributed by atoms with Crippen LogP contribution in [0.4, 0.5) is 5.69 Å². The van der Waals surface area contributed by atoms with Crippen molar-refractivity contribution in [1.29, 1.82) is 0 Å². The summed E-state index contributed by atoms with van der Waals surface area (Å²) in [4.78, 5) is 24.1. The molecule has 27 heavy (non-hydrogen) atoms. The molecule has 0 aliphatic carbocycles. The van der Waals surface area contributed by atoms with Gasteiger partial charge in [0.05, 0.1) is 18.6 Å². The molecule has 2 saturated heterocycles. The molecule has 1 unspecified atom stereocenters. The van der Waals surface area contributed by atoms with Gasteiger partial charge < -0.3 is 15.0 Å². The van der Waals surface area contributed by atoms with Crippen molar-refractivity contribution >= 4 is 21.6 Å². The van der Waals surface area contributed by atoms with Crippen molar-refractivity contribution < 1.29 is 22.9 Å². The third-order valence-corrected chi connectivity index (χ3v) is 6.79.